The zero-order valence-corrected chi connectivity index (χ0v) is 16.1. The monoisotopic (exact) mass is 385 g/mol. The van der Waals surface area contributed by atoms with Gasteiger partial charge >= 0.3 is 0 Å². The molecule has 26 heavy (non-hydrogen) atoms. The third-order valence-corrected chi connectivity index (χ3v) is 5.68. The number of carbonyl (C=O) groups excluding carboxylic acids is 1. The van der Waals surface area contributed by atoms with Crippen LogP contribution >= 0.6 is 23.4 Å². The van der Waals surface area contributed by atoms with Gasteiger partial charge in [0.1, 0.15) is 6.07 Å². The Bertz CT molecular complexity index is 832. The van der Waals surface area contributed by atoms with Crippen molar-refractivity contribution < 1.29 is 4.79 Å². The third-order valence-electron chi connectivity index (χ3n) is 4.42. The second kappa shape index (κ2) is 8.59. The Kier molecular flexibility index (Phi) is 6.20. The molecule has 1 saturated heterocycles. The van der Waals surface area contributed by atoms with Gasteiger partial charge in [-0.3, -0.25) is 9.69 Å². The highest BCUT2D eigenvalue weighted by Crippen LogP contribution is 2.29. The average molecular weight is 386 g/mol. The van der Waals surface area contributed by atoms with Gasteiger partial charge in [0.15, 0.2) is 0 Å². The summed E-state index contributed by atoms with van der Waals surface area (Å²) in [5.74, 6) is 1.85. The van der Waals surface area contributed by atoms with E-state index in [1.165, 1.54) is 11.1 Å². The van der Waals surface area contributed by atoms with Gasteiger partial charge in [-0.05, 0) is 30.7 Å². The van der Waals surface area contributed by atoms with Crippen molar-refractivity contribution in [1.29, 1.82) is 5.26 Å². The van der Waals surface area contributed by atoms with Crippen LogP contribution in [-0.2, 0) is 4.79 Å². The normalized spacial score (nSPS) is 17.5. The van der Waals surface area contributed by atoms with Crippen molar-refractivity contribution in [2.75, 3.05) is 29.9 Å². The molecule has 1 amide bonds. The number of hydrogen-bond acceptors (Lipinski definition) is 4. The first kappa shape index (κ1) is 18.8. The summed E-state index contributed by atoms with van der Waals surface area (Å²) in [6, 6.07) is 15.7. The van der Waals surface area contributed by atoms with E-state index in [9.17, 15) is 10.1 Å². The van der Waals surface area contributed by atoms with Gasteiger partial charge in [0.05, 0.1) is 17.8 Å². The summed E-state index contributed by atoms with van der Waals surface area (Å²) < 4.78 is 0. The smallest absolute Gasteiger partial charge is 0.238 e. The maximum Gasteiger partial charge on any atom is 0.238 e. The fraction of sp³-hybridized carbons (Fsp3) is 0.300. The number of nitrogens with zero attached hydrogens (tertiary/aromatic N) is 2. The van der Waals surface area contributed by atoms with Crippen molar-refractivity contribution in [1.82, 2.24) is 4.90 Å². The Hall–Kier alpha value is -2.00. The molecule has 2 aromatic carbocycles. The van der Waals surface area contributed by atoms with E-state index in [2.05, 4.69) is 47.5 Å². The topological polar surface area (TPSA) is 56.1 Å². The summed E-state index contributed by atoms with van der Waals surface area (Å²) in [5.41, 5.74) is 3.33. The molecule has 1 heterocycles. The Labute approximate surface area is 163 Å². The van der Waals surface area contributed by atoms with Crippen LogP contribution in [0.25, 0.3) is 0 Å². The number of hydrogen-bond donors (Lipinski definition) is 1. The predicted molar refractivity (Wildman–Crippen MR) is 108 cm³/mol. The number of carbonyl (C=O) groups is 1. The molecular formula is C20H20ClN3OS. The molecule has 0 radical (unpaired) electrons. The number of aryl methyl sites for hydroxylation is 1. The van der Waals surface area contributed by atoms with Crippen LogP contribution in [0.5, 0.6) is 0 Å². The quantitative estimate of drug-likeness (QED) is 0.854. The van der Waals surface area contributed by atoms with Crippen molar-refractivity contribution in [2.45, 2.75) is 13.0 Å². The zero-order valence-electron chi connectivity index (χ0n) is 14.5. The number of thioether (sulfide) groups is 1. The zero-order chi connectivity index (χ0) is 18.5. The Morgan fingerprint density at radius 1 is 1.35 bits per heavy atom. The molecule has 0 spiro atoms. The van der Waals surface area contributed by atoms with E-state index < -0.39 is 0 Å². The van der Waals surface area contributed by atoms with E-state index in [0.29, 0.717) is 16.3 Å². The fourth-order valence-corrected chi connectivity index (χ4v) is 4.34. The van der Waals surface area contributed by atoms with Crippen molar-refractivity contribution >= 4 is 35.0 Å². The van der Waals surface area contributed by atoms with E-state index in [-0.39, 0.29) is 18.5 Å². The first-order chi connectivity index (χ1) is 12.6. The van der Waals surface area contributed by atoms with Gasteiger partial charge in [-0.2, -0.15) is 17.0 Å². The molecule has 1 N–H and O–H groups in total. The molecule has 1 aliphatic rings. The van der Waals surface area contributed by atoms with Crippen LogP contribution < -0.4 is 5.32 Å². The van der Waals surface area contributed by atoms with Gasteiger partial charge in [-0.15, -0.1) is 0 Å². The second-order valence-corrected chi connectivity index (χ2v) is 7.91. The predicted octanol–water partition coefficient (Wildman–Crippen LogP) is 4.25. The summed E-state index contributed by atoms with van der Waals surface area (Å²) in [7, 11) is 0. The third kappa shape index (κ3) is 4.59. The first-order valence-electron chi connectivity index (χ1n) is 8.44. The number of amides is 1. The molecule has 134 valence electrons. The van der Waals surface area contributed by atoms with E-state index in [0.717, 1.165) is 18.1 Å². The first-order valence-corrected chi connectivity index (χ1v) is 9.98. The Balaban J connectivity index is 1.72. The van der Waals surface area contributed by atoms with Gasteiger partial charge < -0.3 is 5.32 Å². The summed E-state index contributed by atoms with van der Waals surface area (Å²) in [4.78, 5) is 14.8. The van der Waals surface area contributed by atoms with Crippen LogP contribution in [0, 0.1) is 18.3 Å². The Morgan fingerprint density at radius 2 is 2.12 bits per heavy atom. The van der Waals surface area contributed by atoms with Crippen molar-refractivity contribution in [3.8, 4) is 6.07 Å². The highest BCUT2D eigenvalue weighted by Gasteiger charge is 2.26. The maximum absolute atomic E-state index is 12.6. The molecule has 1 unspecified atom stereocenters. The van der Waals surface area contributed by atoms with Crippen molar-refractivity contribution in [2.24, 2.45) is 0 Å². The lowest BCUT2D eigenvalue weighted by molar-refractivity contribution is -0.117. The van der Waals surface area contributed by atoms with E-state index in [4.69, 9.17) is 11.6 Å². The lowest BCUT2D eigenvalue weighted by atomic mass is 10.0. The lowest BCUT2D eigenvalue weighted by Crippen LogP contribution is -2.41. The lowest BCUT2D eigenvalue weighted by Gasteiger charge is -2.35. The van der Waals surface area contributed by atoms with Crippen LogP contribution in [-0.4, -0.2) is 35.4 Å². The molecular weight excluding hydrogens is 366 g/mol. The van der Waals surface area contributed by atoms with Crippen LogP contribution in [0.3, 0.4) is 0 Å². The summed E-state index contributed by atoms with van der Waals surface area (Å²) in [5, 5.41) is 12.5. The standard InChI is InChI=1S/C20H20ClN3OS/c1-14-2-4-15(5-3-14)19-13-26-9-8-24(19)12-20(25)23-18-10-17(21)7-6-16(18)11-22/h2-7,10,19H,8-9,12-13H2,1H3,(H,23,25). The van der Waals surface area contributed by atoms with E-state index in [1.807, 2.05) is 11.8 Å². The maximum atomic E-state index is 12.6. The summed E-state index contributed by atoms with van der Waals surface area (Å²) in [6.45, 7) is 3.22. The number of nitrogens with one attached hydrogen (secondary N) is 1. The Morgan fingerprint density at radius 3 is 2.85 bits per heavy atom. The van der Waals surface area contributed by atoms with Crippen molar-refractivity contribution in [3.63, 3.8) is 0 Å². The van der Waals surface area contributed by atoms with Crippen LogP contribution in [0.4, 0.5) is 5.69 Å². The molecule has 0 saturated carbocycles. The molecule has 1 atom stereocenters. The highest BCUT2D eigenvalue weighted by molar-refractivity contribution is 7.99. The molecule has 0 bridgehead atoms. The van der Waals surface area contributed by atoms with Crippen LogP contribution in [0.1, 0.15) is 22.7 Å². The number of benzene rings is 2. The van der Waals surface area contributed by atoms with Gasteiger partial charge in [0, 0.05) is 29.1 Å². The SMILES string of the molecule is Cc1ccc(C2CSCCN2CC(=O)Nc2cc(Cl)ccc2C#N)cc1. The van der Waals surface area contributed by atoms with Crippen LogP contribution in [0.2, 0.25) is 5.02 Å². The number of halogens is 1. The molecule has 0 aliphatic carbocycles. The highest BCUT2D eigenvalue weighted by atomic mass is 35.5. The second-order valence-electron chi connectivity index (χ2n) is 6.32. The molecule has 2 aromatic rings. The minimum absolute atomic E-state index is 0.132. The van der Waals surface area contributed by atoms with Gasteiger partial charge in [-0.1, -0.05) is 41.4 Å². The minimum atomic E-state index is -0.132. The molecule has 1 aliphatic heterocycles. The van der Waals surface area contributed by atoms with Crippen molar-refractivity contribution in [3.05, 3.63) is 64.2 Å². The largest absolute Gasteiger partial charge is 0.324 e. The van der Waals surface area contributed by atoms with E-state index in [1.54, 1.807) is 18.2 Å². The minimum Gasteiger partial charge on any atom is -0.324 e. The molecule has 0 aromatic heterocycles. The molecule has 1 fully saturated rings. The molecule has 3 rings (SSSR count). The molecule has 6 heteroatoms. The number of rotatable bonds is 4. The number of nitriles is 1. The average Bonchev–Trinajstić information content (AvgIpc) is 2.63. The van der Waals surface area contributed by atoms with Gasteiger partial charge in [-0.25, -0.2) is 0 Å². The molecule has 4 nitrogen and oxygen atoms in total. The summed E-state index contributed by atoms with van der Waals surface area (Å²) in [6.07, 6.45) is 0. The van der Waals surface area contributed by atoms with Gasteiger partial charge in [0.25, 0.3) is 0 Å². The number of anilines is 1. The fourth-order valence-electron chi connectivity index (χ4n) is 3.01. The van der Waals surface area contributed by atoms with Gasteiger partial charge in [0.2, 0.25) is 5.91 Å². The van der Waals surface area contributed by atoms with E-state index >= 15 is 0 Å². The van der Waals surface area contributed by atoms with Crippen LogP contribution in [0.15, 0.2) is 42.5 Å². The summed E-state index contributed by atoms with van der Waals surface area (Å²) >= 11 is 7.90.